The predicted octanol–water partition coefficient (Wildman–Crippen LogP) is 1.86. The van der Waals surface area contributed by atoms with E-state index in [1.165, 1.54) is 0 Å². The first-order valence-corrected chi connectivity index (χ1v) is 5.01. The first-order valence-electron chi connectivity index (χ1n) is 5.01. The maximum atomic E-state index is 10.9. The van der Waals surface area contributed by atoms with Gasteiger partial charge in [-0.15, -0.1) is 0 Å². The predicted molar refractivity (Wildman–Crippen MR) is 52.7 cm³/mol. The molecule has 14 heavy (non-hydrogen) atoms. The molecule has 1 rings (SSSR count). The van der Waals surface area contributed by atoms with Gasteiger partial charge in [0.05, 0.1) is 13.0 Å². The number of aldehydes is 1. The van der Waals surface area contributed by atoms with E-state index < -0.39 is 0 Å². The smallest absolute Gasteiger partial charge is 0.309 e. The monoisotopic (exact) mass is 196 g/mol. The quantitative estimate of drug-likeness (QED) is 0.292. The second-order valence-electron chi connectivity index (χ2n) is 3.67. The van der Waals surface area contributed by atoms with Crippen LogP contribution in [0.2, 0.25) is 0 Å². The van der Waals surface area contributed by atoms with Gasteiger partial charge in [-0.05, 0) is 12.8 Å². The molecule has 0 aliphatic carbocycles. The van der Waals surface area contributed by atoms with Crippen LogP contribution >= 0.6 is 0 Å². The van der Waals surface area contributed by atoms with E-state index >= 15 is 0 Å². The normalized spacial score (nSPS) is 21.9. The van der Waals surface area contributed by atoms with Gasteiger partial charge in [-0.2, -0.15) is 0 Å². The molecule has 1 unspecified atom stereocenters. The van der Waals surface area contributed by atoms with E-state index in [1.807, 2.05) is 0 Å². The summed E-state index contributed by atoms with van der Waals surface area (Å²) in [6, 6.07) is 0. The van der Waals surface area contributed by atoms with Gasteiger partial charge in [0.25, 0.3) is 0 Å². The van der Waals surface area contributed by atoms with Crippen molar-refractivity contribution in [2.45, 2.75) is 32.1 Å². The Labute approximate surface area is 84.1 Å². The molecule has 1 heterocycles. The summed E-state index contributed by atoms with van der Waals surface area (Å²) in [6.45, 7) is 4.35. The molecular weight excluding hydrogens is 180 g/mol. The van der Waals surface area contributed by atoms with E-state index in [1.54, 1.807) is 0 Å². The highest BCUT2D eigenvalue weighted by Crippen LogP contribution is 2.24. The van der Waals surface area contributed by atoms with Gasteiger partial charge in [-0.3, -0.25) is 4.79 Å². The average Bonchev–Trinajstić information content (AvgIpc) is 2.15. The Hall–Kier alpha value is -1.12. The van der Waals surface area contributed by atoms with Gasteiger partial charge in [0.2, 0.25) is 0 Å². The highest BCUT2D eigenvalue weighted by atomic mass is 16.5. The van der Waals surface area contributed by atoms with Gasteiger partial charge in [-0.25, -0.2) is 0 Å². The Morgan fingerprint density at radius 1 is 1.50 bits per heavy atom. The second-order valence-corrected chi connectivity index (χ2v) is 3.67. The van der Waals surface area contributed by atoms with Crippen LogP contribution < -0.4 is 0 Å². The number of carbonyl (C=O) groups excluding carboxylic acids is 2. The SMILES string of the molecule is C=C1CC(=O)OCC1CCCCC=O. The third-order valence-electron chi connectivity index (χ3n) is 2.52. The average molecular weight is 196 g/mol. The van der Waals surface area contributed by atoms with Gasteiger partial charge in [-0.1, -0.05) is 18.6 Å². The van der Waals surface area contributed by atoms with Crippen molar-refractivity contribution in [3.05, 3.63) is 12.2 Å². The molecule has 0 radical (unpaired) electrons. The third-order valence-corrected chi connectivity index (χ3v) is 2.52. The van der Waals surface area contributed by atoms with Gasteiger partial charge >= 0.3 is 5.97 Å². The molecule has 78 valence electrons. The molecule has 1 fully saturated rings. The number of hydrogen-bond acceptors (Lipinski definition) is 3. The second kappa shape index (κ2) is 5.58. The summed E-state index contributed by atoms with van der Waals surface area (Å²) in [7, 11) is 0. The Morgan fingerprint density at radius 3 is 2.93 bits per heavy atom. The van der Waals surface area contributed by atoms with E-state index in [2.05, 4.69) is 6.58 Å². The zero-order valence-corrected chi connectivity index (χ0v) is 8.33. The van der Waals surface area contributed by atoms with E-state index in [0.717, 1.165) is 31.1 Å². The zero-order valence-electron chi connectivity index (χ0n) is 8.33. The van der Waals surface area contributed by atoms with Crippen molar-refractivity contribution in [1.82, 2.24) is 0 Å². The number of hydrogen-bond donors (Lipinski definition) is 0. The van der Waals surface area contributed by atoms with Crippen LogP contribution in [-0.2, 0) is 14.3 Å². The molecule has 0 bridgehead atoms. The minimum Gasteiger partial charge on any atom is -0.465 e. The van der Waals surface area contributed by atoms with Crippen molar-refractivity contribution < 1.29 is 14.3 Å². The minimum atomic E-state index is -0.167. The summed E-state index contributed by atoms with van der Waals surface area (Å²) in [6.07, 6.45) is 4.81. The number of unbranched alkanes of at least 4 members (excludes halogenated alkanes) is 2. The van der Waals surface area contributed by atoms with Crippen molar-refractivity contribution in [2.24, 2.45) is 5.92 Å². The fourth-order valence-corrected chi connectivity index (χ4v) is 1.60. The minimum absolute atomic E-state index is 0.167. The molecule has 1 atom stereocenters. The van der Waals surface area contributed by atoms with E-state index in [4.69, 9.17) is 4.74 Å². The summed E-state index contributed by atoms with van der Waals surface area (Å²) < 4.78 is 4.95. The summed E-state index contributed by atoms with van der Waals surface area (Å²) >= 11 is 0. The van der Waals surface area contributed by atoms with Crippen LogP contribution in [0.1, 0.15) is 32.1 Å². The van der Waals surface area contributed by atoms with E-state index in [-0.39, 0.29) is 5.97 Å². The number of carbonyl (C=O) groups is 2. The van der Waals surface area contributed by atoms with Crippen LogP contribution in [0.25, 0.3) is 0 Å². The standard InChI is InChI=1S/C11H16O3/c1-9-7-11(13)14-8-10(9)5-3-2-4-6-12/h6,10H,1-5,7-8H2. The number of ether oxygens (including phenoxy) is 1. The van der Waals surface area contributed by atoms with E-state index in [9.17, 15) is 9.59 Å². The first kappa shape index (κ1) is 11.0. The molecule has 3 nitrogen and oxygen atoms in total. The van der Waals surface area contributed by atoms with Crippen LogP contribution in [0.4, 0.5) is 0 Å². The lowest BCUT2D eigenvalue weighted by molar-refractivity contribution is -0.146. The summed E-state index contributed by atoms with van der Waals surface area (Å²) in [5.41, 5.74) is 0.979. The lowest BCUT2D eigenvalue weighted by atomic mass is 9.91. The maximum absolute atomic E-state index is 10.9. The lowest BCUT2D eigenvalue weighted by Gasteiger charge is -2.23. The molecule has 0 aromatic heterocycles. The van der Waals surface area contributed by atoms with Crippen LogP contribution in [0.5, 0.6) is 0 Å². The first-order chi connectivity index (χ1) is 6.74. The number of rotatable bonds is 5. The topological polar surface area (TPSA) is 43.4 Å². The van der Waals surface area contributed by atoms with Crippen molar-refractivity contribution in [3.63, 3.8) is 0 Å². The van der Waals surface area contributed by atoms with Gasteiger partial charge in [0.1, 0.15) is 6.29 Å². The fourth-order valence-electron chi connectivity index (χ4n) is 1.60. The van der Waals surface area contributed by atoms with Crippen LogP contribution in [-0.4, -0.2) is 18.9 Å². The molecule has 0 aromatic rings. The molecular formula is C11H16O3. The highest BCUT2D eigenvalue weighted by Gasteiger charge is 2.22. The molecule has 1 saturated heterocycles. The van der Waals surface area contributed by atoms with Crippen molar-refractivity contribution in [3.8, 4) is 0 Å². The fraction of sp³-hybridized carbons (Fsp3) is 0.636. The van der Waals surface area contributed by atoms with Gasteiger partial charge in [0, 0.05) is 12.3 Å². The largest absolute Gasteiger partial charge is 0.465 e. The molecule has 0 saturated carbocycles. The maximum Gasteiger partial charge on any atom is 0.309 e. The van der Waals surface area contributed by atoms with Crippen LogP contribution in [0, 0.1) is 5.92 Å². The van der Waals surface area contributed by atoms with Crippen molar-refractivity contribution in [1.29, 1.82) is 0 Å². The Morgan fingerprint density at radius 2 is 2.29 bits per heavy atom. The van der Waals surface area contributed by atoms with Gasteiger partial charge < -0.3 is 9.53 Å². The van der Waals surface area contributed by atoms with Crippen molar-refractivity contribution in [2.75, 3.05) is 6.61 Å². The van der Waals surface area contributed by atoms with Crippen LogP contribution in [0.15, 0.2) is 12.2 Å². The Bertz CT molecular complexity index is 233. The Balaban J connectivity index is 2.20. The Kier molecular flexibility index (Phi) is 4.36. The van der Waals surface area contributed by atoms with Gasteiger partial charge in [0.15, 0.2) is 0 Å². The molecule has 3 heteroatoms. The summed E-state index contributed by atoms with van der Waals surface area (Å²) in [5, 5.41) is 0. The molecule has 0 aromatic carbocycles. The highest BCUT2D eigenvalue weighted by molar-refractivity contribution is 5.73. The van der Waals surface area contributed by atoms with Crippen molar-refractivity contribution >= 4 is 12.3 Å². The number of esters is 1. The summed E-state index contributed by atoms with van der Waals surface area (Å²) in [5.74, 6) is 0.137. The summed E-state index contributed by atoms with van der Waals surface area (Å²) in [4.78, 5) is 20.9. The lowest BCUT2D eigenvalue weighted by Crippen LogP contribution is -2.23. The molecule has 1 aliphatic rings. The molecule has 0 spiro atoms. The molecule has 0 amide bonds. The third kappa shape index (κ3) is 3.32. The van der Waals surface area contributed by atoms with E-state index in [0.29, 0.717) is 25.4 Å². The molecule has 1 aliphatic heterocycles. The van der Waals surface area contributed by atoms with Crippen LogP contribution in [0.3, 0.4) is 0 Å². The zero-order chi connectivity index (χ0) is 10.4. The number of cyclic esters (lactones) is 1. The molecule has 0 N–H and O–H groups in total.